The fraction of sp³-hybridized carbons (Fsp3) is 0.333. The number of carbonyl (C=O) groups is 2. The first-order chi connectivity index (χ1) is 4.34. The highest BCUT2D eigenvalue weighted by Gasteiger charge is 2.42. The molecule has 0 unspecified atom stereocenters. The summed E-state index contributed by atoms with van der Waals surface area (Å²) >= 11 is 0. The molecule has 4 nitrogen and oxygen atoms in total. The van der Waals surface area contributed by atoms with E-state index in [4.69, 9.17) is 0 Å². The van der Waals surface area contributed by atoms with Gasteiger partial charge in [-0.1, -0.05) is 0 Å². The van der Waals surface area contributed by atoms with Gasteiger partial charge in [0.05, 0.1) is 0 Å². The number of esters is 1. The molecule has 0 aromatic rings. The number of primary amides is 1. The third-order valence-electron chi connectivity index (χ3n) is 0.425. The van der Waals surface area contributed by atoms with Crippen LogP contribution in [0.5, 0.6) is 0 Å². The molecule has 0 aliphatic rings. The molecule has 0 aliphatic carbocycles. The van der Waals surface area contributed by atoms with Gasteiger partial charge in [0.25, 0.3) is 0 Å². The number of rotatable bonds is 0. The summed E-state index contributed by atoms with van der Waals surface area (Å²) in [7, 11) is 0. The summed E-state index contributed by atoms with van der Waals surface area (Å²) < 4.78 is 36.4. The van der Waals surface area contributed by atoms with Crippen LogP contribution in [0.4, 0.5) is 18.0 Å². The summed E-state index contributed by atoms with van der Waals surface area (Å²) in [5.41, 5.74) is 4.11. The molecule has 0 bridgehead atoms. The molecule has 0 aliphatic heterocycles. The van der Waals surface area contributed by atoms with E-state index < -0.39 is 18.2 Å². The molecule has 1 amide bonds. The van der Waals surface area contributed by atoms with Crippen LogP contribution in [0, 0.1) is 0 Å². The van der Waals surface area contributed by atoms with Crippen molar-refractivity contribution in [1.82, 2.24) is 0 Å². The van der Waals surface area contributed by atoms with Crippen LogP contribution in [0.1, 0.15) is 1.43 Å². The summed E-state index contributed by atoms with van der Waals surface area (Å²) in [4.78, 5) is 19.2. The maximum absolute atomic E-state index is 11.1. The number of nitrogens with two attached hydrogens (primary N) is 1. The Labute approximate surface area is 54.2 Å². The molecule has 7 heteroatoms. The molecule has 0 atom stereocenters. The molecule has 0 rings (SSSR count). The Morgan fingerprint density at radius 2 is 1.80 bits per heavy atom. The summed E-state index contributed by atoms with van der Waals surface area (Å²) in [6.07, 6.45) is -6.95. The molecule has 2 N–H and O–H groups in total. The van der Waals surface area contributed by atoms with E-state index in [1.807, 2.05) is 0 Å². The van der Waals surface area contributed by atoms with Gasteiger partial charge in [0.1, 0.15) is 0 Å². The minimum absolute atomic E-state index is 0. The van der Waals surface area contributed by atoms with Crippen LogP contribution in [0.2, 0.25) is 0 Å². The topological polar surface area (TPSA) is 69.4 Å². The smallest absolute Gasteiger partial charge is 0.370 e. The Hall–Kier alpha value is -1.27. The number of hydrogen-bond acceptors (Lipinski definition) is 3. The van der Waals surface area contributed by atoms with Gasteiger partial charge in [0, 0.05) is 0 Å². The predicted molar refractivity (Wildman–Crippen MR) is 22.8 cm³/mol. The SMILES string of the molecule is NC(=O)OC(=O)C(F)(F)F.[H+]. The molecule has 0 radical (unpaired) electrons. The van der Waals surface area contributed by atoms with Crippen molar-refractivity contribution in [2.24, 2.45) is 5.73 Å². The third-order valence-corrected chi connectivity index (χ3v) is 0.425. The molecule has 0 heterocycles. The quantitative estimate of drug-likeness (QED) is 0.406. The van der Waals surface area contributed by atoms with Crippen molar-refractivity contribution in [1.29, 1.82) is 0 Å². The molecule has 10 heavy (non-hydrogen) atoms. The molecule has 0 aromatic carbocycles. The lowest BCUT2D eigenvalue weighted by Gasteiger charge is -2.01. The van der Waals surface area contributed by atoms with Crippen molar-refractivity contribution < 1.29 is 28.9 Å². The molecule has 0 spiro atoms. The number of halogens is 3. The Morgan fingerprint density at radius 1 is 1.40 bits per heavy atom. The van der Waals surface area contributed by atoms with Crippen molar-refractivity contribution >= 4 is 12.1 Å². The molecular formula is C3H3F3NO3+. The van der Waals surface area contributed by atoms with Gasteiger partial charge in [-0.15, -0.1) is 0 Å². The number of alkyl halides is 3. The highest BCUT2D eigenvalue weighted by molar-refractivity contribution is 5.86. The predicted octanol–water partition coefficient (Wildman–Crippen LogP) is 0.283. The summed E-state index contributed by atoms with van der Waals surface area (Å²) in [5.74, 6) is -2.61. The Balaban J connectivity index is 0. The zero-order valence-electron chi connectivity index (χ0n) is 5.44. The Kier molecular flexibility index (Phi) is 2.22. The van der Waals surface area contributed by atoms with Crippen LogP contribution >= 0.6 is 0 Å². The summed E-state index contributed by atoms with van der Waals surface area (Å²) in [5, 5.41) is 0. The lowest BCUT2D eigenvalue weighted by atomic mass is 10.7. The van der Waals surface area contributed by atoms with Gasteiger partial charge in [0.15, 0.2) is 0 Å². The van der Waals surface area contributed by atoms with Crippen molar-refractivity contribution in [3.63, 3.8) is 0 Å². The van der Waals surface area contributed by atoms with Gasteiger partial charge < -0.3 is 10.5 Å². The Morgan fingerprint density at radius 3 is 1.90 bits per heavy atom. The normalized spacial score (nSPS) is 10.7. The van der Waals surface area contributed by atoms with Gasteiger partial charge in [0.2, 0.25) is 0 Å². The minimum Gasteiger partial charge on any atom is -0.370 e. The molecule has 0 saturated carbocycles. The highest BCUT2D eigenvalue weighted by Crippen LogP contribution is 2.15. The van der Waals surface area contributed by atoms with E-state index in [0.29, 0.717) is 0 Å². The lowest BCUT2D eigenvalue weighted by Crippen LogP contribution is -2.30. The zero-order valence-corrected chi connectivity index (χ0v) is 4.44. The fourth-order valence-electron chi connectivity index (χ4n) is 0.149. The van der Waals surface area contributed by atoms with Crippen molar-refractivity contribution in [2.75, 3.05) is 0 Å². The lowest BCUT2D eigenvalue weighted by molar-refractivity contribution is -0.192. The highest BCUT2D eigenvalue weighted by atomic mass is 19.4. The second kappa shape index (κ2) is 2.54. The van der Waals surface area contributed by atoms with Crippen LogP contribution in [0.3, 0.4) is 0 Å². The van der Waals surface area contributed by atoms with Crippen molar-refractivity contribution in [2.45, 2.75) is 6.18 Å². The number of amides is 1. The van der Waals surface area contributed by atoms with E-state index >= 15 is 0 Å². The average Bonchev–Trinajstić information content (AvgIpc) is 1.60. The van der Waals surface area contributed by atoms with Gasteiger partial charge in [-0.25, -0.2) is 9.59 Å². The summed E-state index contributed by atoms with van der Waals surface area (Å²) in [6, 6.07) is 0. The van der Waals surface area contributed by atoms with Crippen LogP contribution in [-0.4, -0.2) is 18.2 Å². The number of hydrogen-bond donors (Lipinski definition) is 1. The number of ether oxygens (including phenoxy) is 1. The van der Waals surface area contributed by atoms with E-state index in [0.717, 1.165) is 0 Å². The first-order valence-electron chi connectivity index (χ1n) is 1.92. The second-order valence-corrected chi connectivity index (χ2v) is 1.21. The van der Waals surface area contributed by atoms with E-state index in [1.165, 1.54) is 0 Å². The minimum atomic E-state index is -5.17. The van der Waals surface area contributed by atoms with Crippen molar-refractivity contribution in [3.05, 3.63) is 0 Å². The molecular weight excluding hydrogens is 155 g/mol. The zero-order chi connectivity index (χ0) is 8.36. The first kappa shape index (κ1) is 8.73. The fourth-order valence-corrected chi connectivity index (χ4v) is 0.149. The van der Waals surface area contributed by atoms with Gasteiger partial charge in [-0.3, -0.25) is 0 Å². The van der Waals surface area contributed by atoms with Gasteiger partial charge >= 0.3 is 19.7 Å². The van der Waals surface area contributed by atoms with Crippen molar-refractivity contribution in [3.8, 4) is 0 Å². The largest absolute Gasteiger partial charge is 1.00 e. The van der Waals surface area contributed by atoms with Gasteiger partial charge in [-0.2, -0.15) is 13.2 Å². The summed E-state index contributed by atoms with van der Waals surface area (Å²) in [6.45, 7) is 0. The number of carbonyl (C=O) groups excluding carboxylic acids is 2. The van der Waals surface area contributed by atoms with E-state index in [9.17, 15) is 22.8 Å². The second-order valence-electron chi connectivity index (χ2n) is 1.21. The van der Waals surface area contributed by atoms with E-state index in [2.05, 4.69) is 10.5 Å². The third kappa shape index (κ3) is 2.90. The molecule has 0 fully saturated rings. The van der Waals surface area contributed by atoms with Crippen LogP contribution < -0.4 is 5.73 Å². The van der Waals surface area contributed by atoms with Crippen LogP contribution in [0.25, 0.3) is 0 Å². The average molecular weight is 158 g/mol. The maximum atomic E-state index is 11.1. The first-order valence-corrected chi connectivity index (χ1v) is 1.92. The Bertz CT molecular complexity index is 168. The van der Waals surface area contributed by atoms with Gasteiger partial charge in [-0.05, 0) is 0 Å². The molecule has 0 aromatic heterocycles. The van der Waals surface area contributed by atoms with Crippen LogP contribution in [-0.2, 0) is 9.53 Å². The van der Waals surface area contributed by atoms with E-state index in [1.54, 1.807) is 0 Å². The standard InChI is InChI=1S/C3H2F3NO3/c4-3(5,6)1(8)10-2(7)9/h(H2,7,9)/p+1. The monoisotopic (exact) mass is 158 g/mol. The van der Waals surface area contributed by atoms with Crippen LogP contribution in [0.15, 0.2) is 0 Å². The molecule has 0 saturated heterocycles. The molecule has 58 valence electrons. The van der Waals surface area contributed by atoms with E-state index in [-0.39, 0.29) is 1.43 Å². The maximum Gasteiger partial charge on any atom is 1.00 e.